The summed E-state index contributed by atoms with van der Waals surface area (Å²) < 4.78 is 6.22. The predicted octanol–water partition coefficient (Wildman–Crippen LogP) is 3.78. The molecule has 0 fully saturated rings. The summed E-state index contributed by atoms with van der Waals surface area (Å²) in [5, 5.41) is 7.56. The van der Waals surface area contributed by atoms with Gasteiger partial charge in [0.25, 0.3) is 0 Å². The molecule has 0 radical (unpaired) electrons. The van der Waals surface area contributed by atoms with Gasteiger partial charge in [0.05, 0.1) is 13.3 Å². The molecule has 2 N–H and O–H groups in total. The molecule has 0 bridgehead atoms. The van der Waals surface area contributed by atoms with E-state index in [1.165, 1.54) is 0 Å². The summed E-state index contributed by atoms with van der Waals surface area (Å²) in [6, 6.07) is 15.3. The summed E-state index contributed by atoms with van der Waals surface area (Å²) in [5.74, 6) is 0.741. The highest BCUT2D eigenvalue weighted by Gasteiger charge is 2.01. The second-order valence-electron chi connectivity index (χ2n) is 4.08. The first-order valence-corrected chi connectivity index (χ1v) is 7.38. The number of rotatable bonds is 4. The monoisotopic (exact) mass is 363 g/mol. The Morgan fingerprint density at radius 2 is 2.00 bits per heavy atom. The van der Waals surface area contributed by atoms with Gasteiger partial charge in [0, 0.05) is 15.7 Å². The van der Waals surface area contributed by atoms with Crippen LogP contribution >= 0.6 is 28.1 Å². The molecule has 6 heteroatoms. The molecule has 108 valence electrons. The van der Waals surface area contributed by atoms with Crippen molar-refractivity contribution >= 4 is 45.2 Å². The minimum Gasteiger partial charge on any atom is -0.496 e. The van der Waals surface area contributed by atoms with Crippen LogP contribution in [0.15, 0.2) is 58.1 Å². The molecule has 0 saturated carbocycles. The standard InChI is InChI=1S/C15H14BrN3OS/c1-20-14-8-7-12(16)9-11(14)10-17-19-15(21)18-13-5-3-2-4-6-13/h2-10H,1H3,(H2,18,19,21)/b17-10-. The van der Waals surface area contributed by atoms with Crippen LogP contribution in [0.25, 0.3) is 0 Å². The van der Waals surface area contributed by atoms with Crippen molar-refractivity contribution < 1.29 is 4.74 Å². The number of hydrazone groups is 1. The van der Waals surface area contributed by atoms with Gasteiger partial charge in [0.15, 0.2) is 5.11 Å². The maximum absolute atomic E-state index is 5.27. The van der Waals surface area contributed by atoms with E-state index in [1.807, 2.05) is 48.5 Å². The van der Waals surface area contributed by atoms with E-state index in [0.29, 0.717) is 5.11 Å². The lowest BCUT2D eigenvalue weighted by Crippen LogP contribution is -2.23. The van der Waals surface area contributed by atoms with Crippen molar-refractivity contribution in [2.45, 2.75) is 0 Å². The molecule has 0 atom stereocenters. The Labute approximate surface area is 137 Å². The van der Waals surface area contributed by atoms with Crippen molar-refractivity contribution in [2.24, 2.45) is 5.10 Å². The van der Waals surface area contributed by atoms with Crippen molar-refractivity contribution in [1.29, 1.82) is 0 Å². The summed E-state index contributed by atoms with van der Waals surface area (Å²) >= 11 is 8.58. The second-order valence-corrected chi connectivity index (χ2v) is 5.40. The van der Waals surface area contributed by atoms with Crippen LogP contribution in [0.1, 0.15) is 5.56 Å². The molecule has 0 aliphatic rings. The van der Waals surface area contributed by atoms with E-state index in [9.17, 15) is 0 Å². The Kier molecular flexibility index (Phi) is 5.71. The lowest BCUT2D eigenvalue weighted by Gasteiger charge is -2.07. The molecule has 0 saturated heterocycles. The maximum atomic E-state index is 5.27. The number of halogens is 1. The molecule has 2 aromatic carbocycles. The third-order valence-corrected chi connectivity index (χ3v) is 3.28. The Balaban J connectivity index is 1.96. The average molecular weight is 364 g/mol. The van der Waals surface area contributed by atoms with Gasteiger partial charge in [-0.2, -0.15) is 5.10 Å². The largest absolute Gasteiger partial charge is 0.496 e. The van der Waals surface area contributed by atoms with Crippen molar-refractivity contribution in [3.8, 4) is 5.75 Å². The molecule has 4 nitrogen and oxygen atoms in total. The van der Waals surface area contributed by atoms with Gasteiger partial charge in [-0.1, -0.05) is 34.1 Å². The fraction of sp³-hybridized carbons (Fsp3) is 0.0667. The summed E-state index contributed by atoms with van der Waals surface area (Å²) in [6.45, 7) is 0. The number of hydrogen-bond donors (Lipinski definition) is 2. The Hall–Kier alpha value is -1.92. The van der Waals surface area contributed by atoms with Gasteiger partial charge < -0.3 is 10.1 Å². The minimum atomic E-state index is 0.423. The van der Waals surface area contributed by atoms with Crippen molar-refractivity contribution in [3.05, 3.63) is 58.6 Å². The normalized spacial score (nSPS) is 10.4. The van der Waals surface area contributed by atoms with E-state index < -0.39 is 0 Å². The van der Waals surface area contributed by atoms with Gasteiger partial charge in [-0.15, -0.1) is 0 Å². The van der Waals surface area contributed by atoms with Gasteiger partial charge in [0.1, 0.15) is 5.75 Å². The molecule has 0 aromatic heterocycles. The molecule has 0 aliphatic heterocycles. The van der Waals surface area contributed by atoms with E-state index in [0.717, 1.165) is 21.5 Å². The van der Waals surface area contributed by atoms with Crippen LogP contribution in [0.5, 0.6) is 5.75 Å². The topological polar surface area (TPSA) is 45.6 Å². The van der Waals surface area contributed by atoms with Crippen LogP contribution in [-0.2, 0) is 0 Å². The highest BCUT2D eigenvalue weighted by atomic mass is 79.9. The number of thiocarbonyl (C=S) groups is 1. The zero-order chi connectivity index (χ0) is 15.1. The highest BCUT2D eigenvalue weighted by molar-refractivity contribution is 9.10. The maximum Gasteiger partial charge on any atom is 0.191 e. The predicted molar refractivity (Wildman–Crippen MR) is 94.1 cm³/mol. The quantitative estimate of drug-likeness (QED) is 0.493. The van der Waals surface area contributed by atoms with Crippen LogP contribution in [0, 0.1) is 0 Å². The zero-order valence-electron chi connectivity index (χ0n) is 11.3. The van der Waals surface area contributed by atoms with Gasteiger partial charge in [-0.3, -0.25) is 5.43 Å². The first-order chi connectivity index (χ1) is 10.2. The number of nitrogens with zero attached hydrogens (tertiary/aromatic N) is 1. The molecule has 0 heterocycles. The summed E-state index contributed by atoms with van der Waals surface area (Å²) in [5.41, 5.74) is 4.53. The van der Waals surface area contributed by atoms with Crippen molar-refractivity contribution in [2.75, 3.05) is 12.4 Å². The summed E-state index contributed by atoms with van der Waals surface area (Å²) in [4.78, 5) is 0. The third-order valence-electron chi connectivity index (χ3n) is 2.59. The summed E-state index contributed by atoms with van der Waals surface area (Å²) in [7, 11) is 1.62. The number of nitrogens with one attached hydrogen (secondary N) is 2. The fourth-order valence-electron chi connectivity index (χ4n) is 1.65. The smallest absolute Gasteiger partial charge is 0.191 e. The number of benzene rings is 2. The molecule has 0 aliphatic carbocycles. The van der Waals surface area contributed by atoms with E-state index in [1.54, 1.807) is 13.3 Å². The van der Waals surface area contributed by atoms with Crippen molar-refractivity contribution in [3.63, 3.8) is 0 Å². The van der Waals surface area contributed by atoms with E-state index in [-0.39, 0.29) is 0 Å². The number of ether oxygens (including phenoxy) is 1. The fourth-order valence-corrected chi connectivity index (χ4v) is 2.20. The molecule has 0 unspecified atom stereocenters. The van der Waals surface area contributed by atoms with Crippen LogP contribution in [-0.4, -0.2) is 18.4 Å². The Bertz CT molecular complexity index is 647. The Morgan fingerprint density at radius 3 is 2.71 bits per heavy atom. The van der Waals surface area contributed by atoms with Gasteiger partial charge in [-0.05, 0) is 42.5 Å². The van der Waals surface area contributed by atoms with Gasteiger partial charge in [0.2, 0.25) is 0 Å². The molecule has 0 spiro atoms. The first-order valence-electron chi connectivity index (χ1n) is 6.17. The van der Waals surface area contributed by atoms with Crippen LogP contribution in [0.2, 0.25) is 0 Å². The first kappa shape index (κ1) is 15.5. The van der Waals surface area contributed by atoms with Crippen molar-refractivity contribution in [1.82, 2.24) is 5.43 Å². The zero-order valence-corrected chi connectivity index (χ0v) is 13.7. The number of hydrogen-bond acceptors (Lipinski definition) is 3. The average Bonchev–Trinajstić information content (AvgIpc) is 2.48. The summed E-state index contributed by atoms with van der Waals surface area (Å²) in [6.07, 6.45) is 1.66. The molecule has 2 rings (SSSR count). The van der Waals surface area contributed by atoms with Gasteiger partial charge >= 0.3 is 0 Å². The molecule has 21 heavy (non-hydrogen) atoms. The Morgan fingerprint density at radius 1 is 1.24 bits per heavy atom. The van der Waals surface area contributed by atoms with E-state index in [2.05, 4.69) is 31.8 Å². The second kappa shape index (κ2) is 7.75. The van der Waals surface area contributed by atoms with Crippen LogP contribution in [0.4, 0.5) is 5.69 Å². The molecule has 0 amide bonds. The lowest BCUT2D eigenvalue weighted by atomic mass is 10.2. The molecular formula is C15H14BrN3OS. The van der Waals surface area contributed by atoms with Crippen LogP contribution < -0.4 is 15.5 Å². The SMILES string of the molecule is COc1ccc(Br)cc1/C=N\NC(=S)Nc1ccccc1. The van der Waals surface area contributed by atoms with Gasteiger partial charge in [-0.25, -0.2) is 0 Å². The number of para-hydroxylation sites is 1. The highest BCUT2D eigenvalue weighted by Crippen LogP contribution is 2.21. The third kappa shape index (κ3) is 4.84. The minimum absolute atomic E-state index is 0.423. The number of anilines is 1. The molecule has 2 aromatic rings. The lowest BCUT2D eigenvalue weighted by molar-refractivity contribution is 0.414. The van der Waals surface area contributed by atoms with E-state index >= 15 is 0 Å². The molecular weight excluding hydrogens is 350 g/mol. The number of methoxy groups -OCH3 is 1. The van der Waals surface area contributed by atoms with Crippen LogP contribution in [0.3, 0.4) is 0 Å². The van der Waals surface area contributed by atoms with E-state index in [4.69, 9.17) is 17.0 Å².